The molecule has 4 aromatic carbocycles. The molecular formula is C30H23N5O2. The van der Waals surface area contributed by atoms with Gasteiger partial charge in [0.05, 0.1) is 5.69 Å². The molecule has 0 atom stereocenters. The molecule has 0 spiro atoms. The fraction of sp³-hybridized carbons (Fsp3) is 0.0333. The van der Waals surface area contributed by atoms with Crippen molar-refractivity contribution >= 4 is 45.0 Å². The van der Waals surface area contributed by atoms with E-state index in [-0.39, 0.29) is 5.91 Å². The molecule has 2 aromatic heterocycles. The molecular weight excluding hydrogens is 462 g/mol. The number of amides is 1. The van der Waals surface area contributed by atoms with Crippen molar-refractivity contribution < 1.29 is 9.21 Å². The zero-order chi connectivity index (χ0) is 25.2. The fourth-order valence-corrected chi connectivity index (χ4v) is 4.34. The van der Waals surface area contributed by atoms with Gasteiger partial charge in [0.15, 0.2) is 0 Å². The number of furan rings is 1. The molecule has 1 amide bonds. The number of fused-ring (bicyclic) bond motifs is 3. The van der Waals surface area contributed by atoms with E-state index in [1.165, 1.54) is 6.33 Å². The second kappa shape index (κ2) is 9.56. The Morgan fingerprint density at radius 1 is 0.811 bits per heavy atom. The summed E-state index contributed by atoms with van der Waals surface area (Å²) < 4.78 is 6.17. The number of aromatic nitrogens is 2. The van der Waals surface area contributed by atoms with E-state index in [1.807, 2.05) is 72.8 Å². The van der Waals surface area contributed by atoms with Gasteiger partial charge in [0.2, 0.25) is 0 Å². The predicted molar refractivity (Wildman–Crippen MR) is 147 cm³/mol. The molecule has 4 N–H and O–H groups in total. The van der Waals surface area contributed by atoms with Gasteiger partial charge < -0.3 is 20.8 Å². The van der Waals surface area contributed by atoms with Gasteiger partial charge in [-0.3, -0.25) is 4.79 Å². The zero-order valence-corrected chi connectivity index (χ0v) is 19.8. The molecule has 0 radical (unpaired) electrons. The lowest BCUT2D eigenvalue weighted by Crippen LogP contribution is -2.12. The normalized spacial score (nSPS) is 11.1. The number of nitrogens with two attached hydrogens (primary N) is 1. The highest BCUT2D eigenvalue weighted by molar-refractivity contribution is 6.09. The summed E-state index contributed by atoms with van der Waals surface area (Å²) in [6, 6.07) is 30.6. The molecule has 0 bridgehead atoms. The summed E-state index contributed by atoms with van der Waals surface area (Å²) in [4.78, 5) is 21.5. The van der Waals surface area contributed by atoms with Crippen LogP contribution in [0.1, 0.15) is 15.9 Å². The van der Waals surface area contributed by atoms with Crippen LogP contribution in [-0.4, -0.2) is 15.9 Å². The number of nitrogens with zero attached hydrogens (tertiary/aromatic N) is 2. The van der Waals surface area contributed by atoms with Crippen LogP contribution < -0.4 is 16.4 Å². The van der Waals surface area contributed by atoms with Gasteiger partial charge in [-0.25, -0.2) is 9.97 Å². The van der Waals surface area contributed by atoms with E-state index < -0.39 is 0 Å². The Morgan fingerprint density at radius 2 is 1.59 bits per heavy atom. The molecule has 37 heavy (non-hydrogen) atoms. The first-order chi connectivity index (χ1) is 18.2. The number of rotatable bonds is 6. The number of anilines is 3. The SMILES string of the molecule is NCc1ccc(C(=O)Nc2cccc(Nc3cc(-c4cccc5c4oc4ccccc45)ncn3)c2)cc1. The first-order valence-corrected chi connectivity index (χ1v) is 11.9. The average molecular weight is 486 g/mol. The van der Waals surface area contributed by atoms with E-state index in [9.17, 15) is 4.79 Å². The van der Waals surface area contributed by atoms with Crippen LogP contribution in [0, 0.1) is 0 Å². The lowest BCUT2D eigenvalue weighted by Gasteiger charge is -2.10. The van der Waals surface area contributed by atoms with E-state index in [0.29, 0.717) is 23.6 Å². The maximum absolute atomic E-state index is 12.7. The van der Waals surface area contributed by atoms with E-state index in [1.54, 1.807) is 12.1 Å². The van der Waals surface area contributed by atoms with E-state index in [2.05, 4.69) is 32.7 Å². The summed E-state index contributed by atoms with van der Waals surface area (Å²) in [5, 5.41) is 8.36. The highest BCUT2D eigenvalue weighted by Crippen LogP contribution is 2.35. The number of carbonyl (C=O) groups is 1. The maximum atomic E-state index is 12.7. The summed E-state index contributed by atoms with van der Waals surface area (Å²) >= 11 is 0. The number of hydrogen-bond donors (Lipinski definition) is 3. The molecule has 2 heterocycles. The standard InChI is InChI=1S/C30H23N5O2/c31-17-19-11-13-20(14-12-19)30(36)35-22-6-3-5-21(15-22)34-28-16-26(32-18-33-28)25-9-4-8-24-23-7-1-2-10-27(23)37-29(24)25/h1-16,18H,17,31H2,(H,35,36)(H,32,33,34). The third-order valence-corrected chi connectivity index (χ3v) is 6.19. The van der Waals surface area contributed by atoms with Crippen LogP contribution in [0.3, 0.4) is 0 Å². The Balaban J connectivity index is 1.25. The molecule has 0 saturated heterocycles. The van der Waals surface area contributed by atoms with Crippen molar-refractivity contribution in [3.05, 3.63) is 115 Å². The average Bonchev–Trinajstić information content (AvgIpc) is 3.32. The van der Waals surface area contributed by atoms with Crippen LogP contribution in [0.2, 0.25) is 0 Å². The number of benzene rings is 4. The van der Waals surface area contributed by atoms with E-state index >= 15 is 0 Å². The van der Waals surface area contributed by atoms with Gasteiger partial charge in [0, 0.05) is 45.9 Å². The first-order valence-electron chi connectivity index (χ1n) is 11.9. The minimum absolute atomic E-state index is 0.191. The van der Waals surface area contributed by atoms with Gasteiger partial charge in [-0.15, -0.1) is 0 Å². The second-order valence-electron chi connectivity index (χ2n) is 8.63. The topological polar surface area (TPSA) is 106 Å². The lowest BCUT2D eigenvalue weighted by molar-refractivity contribution is 0.102. The van der Waals surface area contributed by atoms with Crippen molar-refractivity contribution in [2.75, 3.05) is 10.6 Å². The minimum Gasteiger partial charge on any atom is -0.455 e. The Kier molecular flexibility index (Phi) is 5.80. The van der Waals surface area contributed by atoms with Gasteiger partial charge in [-0.2, -0.15) is 0 Å². The first kappa shape index (κ1) is 22.5. The Labute approximate surface area is 213 Å². The van der Waals surface area contributed by atoms with Crippen molar-refractivity contribution in [3.8, 4) is 11.3 Å². The van der Waals surface area contributed by atoms with E-state index in [0.717, 1.165) is 44.4 Å². The highest BCUT2D eigenvalue weighted by atomic mass is 16.3. The molecule has 180 valence electrons. The summed E-state index contributed by atoms with van der Waals surface area (Å²) in [7, 11) is 0. The predicted octanol–water partition coefficient (Wildman–Crippen LogP) is 6.50. The summed E-state index contributed by atoms with van der Waals surface area (Å²) in [6.07, 6.45) is 1.52. The van der Waals surface area contributed by atoms with Gasteiger partial charge in [-0.1, -0.05) is 48.5 Å². The fourth-order valence-electron chi connectivity index (χ4n) is 4.34. The molecule has 0 fully saturated rings. The maximum Gasteiger partial charge on any atom is 0.255 e. The molecule has 0 aliphatic rings. The molecule has 6 rings (SSSR count). The quantitative estimate of drug-likeness (QED) is 0.249. The van der Waals surface area contributed by atoms with Crippen LogP contribution in [0.15, 0.2) is 108 Å². The Morgan fingerprint density at radius 3 is 2.46 bits per heavy atom. The zero-order valence-electron chi connectivity index (χ0n) is 19.8. The number of hydrogen-bond acceptors (Lipinski definition) is 6. The number of carbonyl (C=O) groups excluding carboxylic acids is 1. The van der Waals surface area contributed by atoms with Crippen molar-refractivity contribution in [1.29, 1.82) is 0 Å². The third-order valence-electron chi connectivity index (χ3n) is 6.19. The van der Waals surface area contributed by atoms with Crippen molar-refractivity contribution in [2.45, 2.75) is 6.54 Å². The minimum atomic E-state index is -0.191. The molecule has 0 aliphatic heterocycles. The molecule has 0 unspecified atom stereocenters. The number of nitrogens with one attached hydrogen (secondary N) is 2. The van der Waals surface area contributed by atoms with Gasteiger partial charge >= 0.3 is 0 Å². The van der Waals surface area contributed by atoms with Gasteiger partial charge in [-0.05, 0) is 48.0 Å². The molecule has 7 heteroatoms. The van der Waals surface area contributed by atoms with Crippen LogP contribution in [0.5, 0.6) is 0 Å². The van der Waals surface area contributed by atoms with Gasteiger partial charge in [0.1, 0.15) is 23.3 Å². The van der Waals surface area contributed by atoms with Crippen LogP contribution in [0.4, 0.5) is 17.2 Å². The van der Waals surface area contributed by atoms with Crippen molar-refractivity contribution in [1.82, 2.24) is 9.97 Å². The Bertz CT molecular complexity index is 1740. The monoisotopic (exact) mass is 485 g/mol. The summed E-state index contributed by atoms with van der Waals surface area (Å²) in [6.45, 7) is 0.438. The largest absolute Gasteiger partial charge is 0.455 e. The van der Waals surface area contributed by atoms with Crippen LogP contribution in [-0.2, 0) is 6.54 Å². The van der Waals surface area contributed by atoms with Crippen LogP contribution in [0.25, 0.3) is 33.2 Å². The molecule has 0 saturated carbocycles. The summed E-state index contributed by atoms with van der Waals surface area (Å²) in [5.74, 6) is 0.433. The lowest BCUT2D eigenvalue weighted by atomic mass is 10.1. The second-order valence-corrected chi connectivity index (χ2v) is 8.63. The third kappa shape index (κ3) is 4.51. The van der Waals surface area contributed by atoms with Gasteiger partial charge in [0.25, 0.3) is 5.91 Å². The van der Waals surface area contributed by atoms with Crippen molar-refractivity contribution in [2.24, 2.45) is 5.73 Å². The molecule has 0 aliphatic carbocycles. The smallest absolute Gasteiger partial charge is 0.255 e. The Hall–Kier alpha value is -5.01. The number of para-hydroxylation sites is 2. The molecule has 7 nitrogen and oxygen atoms in total. The molecule has 6 aromatic rings. The summed E-state index contributed by atoms with van der Waals surface area (Å²) in [5.41, 5.74) is 11.9. The highest BCUT2D eigenvalue weighted by Gasteiger charge is 2.13. The van der Waals surface area contributed by atoms with Crippen molar-refractivity contribution in [3.63, 3.8) is 0 Å². The van der Waals surface area contributed by atoms with Crippen LogP contribution >= 0.6 is 0 Å². The van der Waals surface area contributed by atoms with E-state index in [4.69, 9.17) is 10.2 Å².